The zero-order chi connectivity index (χ0) is 10.4. The maximum atomic E-state index is 8.71. The lowest BCUT2D eigenvalue weighted by Gasteiger charge is -2.05. The van der Waals surface area contributed by atoms with E-state index in [2.05, 4.69) is 16.4 Å². The number of aliphatic hydroxyl groups excluding tert-OH is 1. The zero-order valence-corrected chi connectivity index (χ0v) is 8.12. The first-order valence-corrected chi connectivity index (χ1v) is 4.50. The third kappa shape index (κ3) is 3.04. The second kappa shape index (κ2) is 5.20. The third-order valence-corrected chi connectivity index (χ3v) is 1.72. The molecular formula is C10H13N3O. The molecule has 0 bridgehead atoms. The van der Waals surface area contributed by atoms with Gasteiger partial charge >= 0.3 is 0 Å². The summed E-state index contributed by atoms with van der Waals surface area (Å²) in [4.78, 5) is 4.21. The summed E-state index contributed by atoms with van der Waals surface area (Å²) >= 11 is 0. The summed E-state index contributed by atoms with van der Waals surface area (Å²) in [6.07, 6.45) is 0.678. The Bertz CT molecular complexity index is 344. The smallest absolute Gasteiger partial charge is 0.127 e. The van der Waals surface area contributed by atoms with Crippen LogP contribution in [0.25, 0.3) is 0 Å². The van der Waals surface area contributed by atoms with Gasteiger partial charge in [-0.15, -0.1) is 0 Å². The first kappa shape index (κ1) is 10.5. The summed E-state index contributed by atoms with van der Waals surface area (Å²) in [7, 11) is 0. The van der Waals surface area contributed by atoms with Crippen molar-refractivity contribution in [2.45, 2.75) is 13.3 Å². The number of anilines is 1. The Balaban J connectivity index is 2.68. The minimum Gasteiger partial charge on any atom is -0.396 e. The van der Waals surface area contributed by atoms with E-state index in [0.717, 1.165) is 5.69 Å². The molecule has 0 unspecified atom stereocenters. The second-order valence-corrected chi connectivity index (χ2v) is 3.00. The van der Waals surface area contributed by atoms with Crippen molar-refractivity contribution in [3.8, 4) is 6.07 Å². The lowest BCUT2D eigenvalue weighted by atomic mass is 10.2. The van der Waals surface area contributed by atoms with Gasteiger partial charge in [0.25, 0.3) is 0 Å². The van der Waals surface area contributed by atoms with Crippen LogP contribution in [-0.2, 0) is 0 Å². The topological polar surface area (TPSA) is 68.9 Å². The molecule has 1 rings (SSSR count). The number of hydrogen-bond donors (Lipinski definition) is 2. The van der Waals surface area contributed by atoms with Crippen LogP contribution in [0.15, 0.2) is 12.1 Å². The second-order valence-electron chi connectivity index (χ2n) is 3.00. The summed E-state index contributed by atoms with van der Waals surface area (Å²) in [5.74, 6) is 0.690. The highest BCUT2D eigenvalue weighted by atomic mass is 16.3. The van der Waals surface area contributed by atoms with E-state index in [4.69, 9.17) is 10.4 Å². The molecule has 0 amide bonds. The van der Waals surface area contributed by atoms with Crippen molar-refractivity contribution in [2.24, 2.45) is 0 Å². The molecule has 0 fully saturated rings. The molecule has 0 aliphatic carbocycles. The molecule has 14 heavy (non-hydrogen) atoms. The molecule has 0 saturated heterocycles. The van der Waals surface area contributed by atoms with Crippen LogP contribution in [0.4, 0.5) is 5.82 Å². The van der Waals surface area contributed by atoms with Gasteiger partial charge in [0, 0.05) is 18.8 Å². The van der Waals surface area contributed by atoms with Crippen molar-refractivity contribution in [3.63, 3.8) is 0 Å². The summed E-state index contributed by atoms with van der Waals surface area (Å²) in [6, 6.07) is 5.50. The predicted octanol–water partition coefficient (Wildman–Crippen LogP) is 1.06. The third-order valence-electron chi connectivity index (χ3n) is 1.72. The number of nitriles is 1. The Morgan fingerprint density at radius 2 is 2.36 bits per heavy atom. The molecule has 0 aliphatic rings. The SMILES string of the molecule is Cc1cc(C#N)cc(NCCCO)n1. The van der Waals surface area contributed by atoms with Crippen LogP contribution in [0, 0.1) is 18.3 Å². The van der Waals surface area contributed by atoms with E-state index in [1.807, 2.05) is 6.92 Å². The van der Waals surface area contributed by atoms with Gasteiger partial charge in [0.15, 0.2) is 0 Å². The standard InChI is InChI=1S/C10H13N3O/c1-8-5-9(7-11)6-10(13-8)12-3-2-4-14/h5-6,14H,2-4H2,1H3,(H,12,13). The number of hydrogen-bond acceptors (Lipinski definition) is 4. The number of rotatable bonds is 4. The molecule has 74 valence electrons. The van der Waals surface area contributed by atoms with Crippen molar-refractivity contribution in [1.29, 1.82) is 5.26 Å². The summed E-state index contributed by atoms with van der Waals surface area (Å²) in [6.45, 7) is 2.67. The van der Waals surface area contributed by atoms with Crippen molar-refractivity contribution in [3.05, 3.63) is 23.4 Å². The molecule has 0 saturated carbocycles. The highest BCUT2D eigenvalue weighted by Crippen LogP contribution is 2.08. The maximum absolute atomic E-state index is 8.71. The average Bonchev–Trinajstić information content (AvgIpc) is 2.17. The van der Waals surface area contributed by atoms with E-state index in [1.54, 1.807) is 12.1 Å². The van der Waals surface area contributed by atoms with Crippen molar-refractivity contribution < 1.29 is 5.11 Å². The minimum absolute atomic E-state index is 0.157. The van der Waals surface area contributed by atoms with Gasteiger partial charge in [0.1, 0.15) is 5.82 Å². The van der Waals surface area contributed by atoms with Crippen molar-refractivity contribution >= 4 is 5.82 Å². The first-order chi connectivity index (χ1) is 6.76. The molecule has 1 heterocycles. The van der Waals surface area contributed by atoms with Gasteiger partial charge in [0.05, 0.1) is 11.6 Å². The van der Waals surface area contributed by atoms with E-state index in [-0.39, 0.29) is 6.61 Å². The highest BCUT2D eigenvalue weighted by molar-refractivity contribution is 5.44. The summed E-state index contributed by atoms with van der Waals surface area (Å²) in [5.41, 5.74) is 1.42. The van der Waals surface area contributed by atoms with E-state index >= 15 is 0 Å². The Hall–Kier alpha value is -1.60. The van der Waals surface area contributed by atoms with Crippen LogP contribution in [0.3, 0.4) is 0 Å². The summed E-state index contributed by atoms with van der Waals surface area (Å²) < 4.78 is 0. The first-order valence-electron chi connectivity index (χ1n) is 4.50. The summed E-state index contributed by atoms with van der Waals surface area (Å²) in [5, 5.41) is 20.3. The van der Waals surface area contributed by atoms with Crippen LogP contribution in [0.1, 0.15) is 17.7 Å². The largest absolute Gasteiger partial charge is 0.396 e. The van der Waals surface area contributed by atoms with E-state index in [1.165, 1.54) is 0 Å². The Morgan fingerprint density at radius 1 is 1.57 bits per heavy atom. The van der Waals surface area contributed by atoms with Crippen molar-refractivity contribution in [1.82, 2.24) is 4.98 Å². The molecule has 0 radical (unpaired) electrons. The van der Waals surface area contributed by atoms with Crippen LogP contribution in [-0.4, -0.2) is 23.2 Å². The molecule has 1 aromatic rings. The fourth-order valence-electron chi connectivity index (χ4n) is 1.12. The van der Waals surface area contributed by atoms with Gasteiger partial charge in [-0.25, -0.2) is 4.98 Å². The molecule has 2 N–H and O–H groups in total. The lowest BCUT2D eigenvalue weighted by molar-refractivity contribution is 0.292. The van der Waals surface area contributed by atoms with Gasteiger partial charge in [-0.2, -0.15) is 5.26 Å². The van der Waals surface area contributed by atoms with E-state index < -0.39 is 0 Å². The maximum Gasteiger partial charge on any atom is 0.127 e. The number of aromatic nitrogens is 1. The number of aryl methyl sites for hydroxylation is 1. The van der Waals surface area contributed by atoms with Crippen molar-refractivity contribution in [2.75, 3.05) is 18.5 Å². The highest BCUT2D eigenvalue weighted by Gasteiger charge is 1.98. The fraction of sp³-hybridized carbons (Fsp3) is 0.400. The molecule has 4 nitrogen and oxygen atoms in total. The minimum atomic E-state index is 0.157. The van der Waals surface area contributed by atoms with E-state index in [9.17, 15) is 0 Å². The Kier molecular flexibility index (Phi) is 3.89. The number of nitrogens with one attached hydrogen (secondary N) is 1. The zero-order valence-electron chi connectivity index (χ0n) is 8.12. The Labute approximate surface area is 83.2 Å². The van der Waals surface area contributed by atoms with Crippen LogP contribution >= 0.6 is 0 Å². The molecule has 0 aromatic carbocycles. The van der Waals surface area contributed by atoms with Crippen LogP contribution < -0.4 is 5.32 Å². The van der Waals surface area contributed by atoms with Crippen LogP contribution in [0.2, 0.25) is 0 Å². The number of pyridine rings is 1. The normalized spacial score (nSPS) is 9.50. The number of nitrogens with zero attached hydrogens (tertiary/aromatic N) is 2. The lowest BCUT2D eigenvalue weighted by Crippen LogP contribution is -2.05. The van der Waals surface area contributed by atoms with E-state index in [0.29, 0.717) is 24.3 Å². The average molecular weight is 191 g/mol. The predicted molar refractivity (Wildman–Crippen MR) is 53.9 cm³/mol. The van der Waals surface area contributed by atoms with Crippen LogP contribution in [0.5, 0.6) is 0 Å². The monoisotopic (exact) mass is 191 g/mol. The molecule has 4 heteroatoms. The van der Waals surface area contributed by atoms with Gasteiger partial charge < -0.3 is 10.4 Å². The van der Waals surface area contributed by atoms with Gasteiger partial charge in [0.2, 0.25) is 0 Å². The van der Waals surface area contributed by atoms with Gasteiger partial charge in [-0.1, -0.05) is 0 Å². The fourth-order valence-corrected chi connectivity index (χ4v) is 1.12. The molecule has 0 spiro atoms. The molecular weight excluding hydrogens is 178 g/mol. The number of aliphatic hydroxyl groups is 1. The van der Waals surface area contributed by atoms with Gasteiger partial charge in [-0.3, -0.25) is 0 Å². The Morgan fingerprint density at radius 3 is 3.00 bits per heavy atom. The quantitative estimate of drug-likeness (QED) is 0.698. The van der Waals surface area contributed by atoms with Gasteiger partial charge in [-0.05, 0) is 25.5 Å². The molecule has 0 aliphatic heterocycles. The molecule has 0 atom stereocenters. The molecule has 1 aromatic heterocycles.